The number of nitrogens with one attached hydrogen (secondary N) is 2. The molecule has 0 bridgehead atoms. The van der Waals surface area contributed by atoms with Crippen LogP contribution in [-0.2, 0) is 6.54 Å². The van der Waals surface area contributed by atoms with E-state index in [0.717, 1.165) is 5.56 Å². The summed E-state index contributed by atoms with van der Waals surface area (Å²) in [4.78, 5) is 21.2. The number of nitrogens with zero attached hydrogens (tertiary/aromatic N) is 2. The van der Waals surface area contributed by atoms with Gasteiger partial charge in [-0.05, 0) is 24.6 Å². The van der Waals surface area contributed by atoms with Crippen LogP contribution < -0.4 is 20.1 Å². The fraction of sp³-hybridized carbons (Fsp3) is 0.190. The number of aryl methyl sites for hydroxylation is 1. The minimum absolute atomic E-state index is 0.292. The van der Waals surface area contributed by atoms with Crippen LogP contribution in [0.15, 0.2) is 54.7 Å². The molecule has 0 saturated carbocycles. The molecule has 3 aromatic rings. The van der Waals surface area contributed by atoms with Gasteiger partial charge in [0.25, 0.3) is 5.91 Å². The van der Waals surface area contributed by atoms with Gasteiger partial charge in [0.1, 0.15) is 0 Å². The third kappa shape index (κ3) is 4.56. The molecule has 0 saturated heterocycles. The number of ether oxygens (including phenoxy) is 2. The smallest absolute Gasteiger partial charge is 0.259 e. The van der Waals surface area contributed by atoms with E-state index >= 15 is 0 Å². The van der Waals surface area contributed by atoms with E-state index in [0.29, 0.717) is 40.9 Å². The second kappa shape index (κ2) is 8.85. The van der Waals surface area contributed by atoms with Crippen LogP contribution in [0.25, 0.3) is 0 Å². The lowest BCUT2D eigenvalue weighted by atomic mass is 10.2. The number of carbonyl (C=O) groups is 1. The van der Waals surface area contributed by atoms with Crippen LogP contribution in [0.4, 0.5) is 11.6 Å². The number of carbonyl (C=O) groups excluding carboxylic acids is 1. The minimum atomic E-state index is -0.292. The highest BCUT2D eigenvalue weighted by Crippen LogP contribution is 2.30. The van der Waals surface area contributed by atoms with E-state index < -0.39 is 0 Å². The zero-order valence-electron chi connectivity index (χ0n) is 16.0. The Balaban J connectivity index is 1.68. The van der Waals surface area contributed by atoms with Gasteiger partial charge in [0, 0.05) is 24.5 Å². The lowest BCUT2D eigenvalue weighted by Gasteiger charge is -2.12. The number of methoxy groups -OCH3 is 2. The second-order valence-corrected chi connectivity index (χ2v) is 6.06. The number of anilines is 2. The summed E-state index contributed by atoms with van der Waals surface area (Å²) in [6.45, 7) is 2.39. The van der Waals surface area contributed by atoms with Crippen LogP contribution in [0, 0.1) is 6.92 Å². The molecule has 7 nitrogen and oxygen atoms in total. The summed E-state index contributed by atoms with van der Waals surface area (Å²) in [6.07, 6.45) is 1.52. The van der Waals surface area contributed by atoms with Crippen molar-refractivity contribution in [3.63, 3.8) is 0 Å². The fourth-order valence-electron chi connectivity index (χ4n) is 2.66. The average molecular weight is 378 g/mol. The third-order valence-corrected chi connectivity index (χ3v) is 4.16. The van der Waals surface area contributed by atoms with Gasteiger partial charge in [0.15, 0.2) is 11.5 Å². The Hall–Kier alpha value is -3.61. The highest BCUT2D eigenvalue weighted by atomic mass is 16.5. The van der Waals surface area contributed by atoms with Crippen LogP contribution in [0.3, 0.4) is 0 Å². The van der Waals surface area contributed by atoms with Gasteiger partial charge in [-0.3, -0.25) is 4.79 Å². The second-order valence-electron chi connectivity index (χ2n) is 6.06. The number of rotatable bonds is 7. The van der Waals surface area contributed by atoms with Gasteiger partial charge in [0.2, 0.25) is 5.95 Å². The molecule has 7 heteroatoms. The molecule has 3 rings (SSSR count). The summed E-state index contributed by atoms with van der Waals surface area (Å²) in [5.41, 5.74) is 2.70. The Kier molecular flexibility index (Phi) is 6.06. The highest BCUT2D eigenvalue weighted by molar-refractivity contribution is 6.05. The normalized spacial score (nSPS) is 10.2. The van der Waals surface area contributed by atoms with E-state index in [2.05, 4.69) is 20.6 Å². The quantitative estimate of drug-likeness (QED) is 0.653. The predicted octanol–water partition coefficient (Wildman–Crippen LogP) is 3.67. The van der Waals surface area contributed by atoms with Gasteiger partial charge in [-0.25, -0.2) is 9.97 Å². The zero-order valence-corrected chi connectivity index (χ0v) is 16.0. The zero-order chi connectivity index (χ0) is 19.9. The van der Waals surface area contributed by atoms with E-state index in [1.807, 2.05) is 30.3 Å². The van der Waals surface area contributed by atoms with Crippen molar-refractivity contribution in [2.75, 3.05) is 24.9 Å². The third-order valence-electron chi connectivity index (χ3n) is 4.16. The van der Waals surface area contributed by atoms with Gasteiger partial charge in [-0.2, -0.15) is 0 Å². The summed E-state index contributed by atoms with van der Waals surface area (Å²) in [7, 11) is 3.10. The molecule has 2 N–H and O–H groups in total. The molecule has 0 aliphatic carbocycles. The van der Waals surface area contributed by atoms with Crippen LogP contribution in [0.5, 0.6) is 11.5 Å². The van der Waals surface area contributed by atoms with Gasteiger partial charge in [-0.1, -0.05) is 30.3 Å². The largest absolute Gasteiger partial charge is 0.493 e. The summed E-state index contributed by atoms with van der Waals surface area (Å²) < 4.78 is 10.5. The van der Waals surface area contributed by atoms with Crippen molar-refractivity contribution < 1.29 is 14.3 Å². The van der Waals surface area contributed by atoms with Crippen LogP contribution in [0.2, 0.25) is 0 Å². The molecule has 144 valence electrons. The molecule has 0 aliphatic heterocycles. The first-order chi connectivity index (χ1) is 13.6. The standard InChI is InChI=1S/C21H22N4O3/c1-14-17(13-23-21(24-14)22-12-15-7-5-4-6-8-15)20(26)25-16-9-10-18(27-2)19(11-16)28-3/h4-11,13H,12H2,1-3H3,(H,25,26)(H,22,23,24). The Labute approximate surface area is 163 Å². The SMILES string of the molecule is COc1ccc(NC(=O)c2cnc(NCc3ccccc3)nc2C)cc1OC. The number of hydrogen-bond acceptors (Lipinski definition) is 6. The topological polar surface area (TPSA) is 85.4 Å². The fourth-order valence-corrected chi connectivity index (χ4v) is 2.66. The van der Waals surface area contributed by atoms with Crippen molar-refractivity contribution in [1.82, 2.24) is 9.97 Å². The number of hydrogen-bond donors (Lipinski definition) is 2. The lowest BCUT2D eigenvalue weighted by Crippen LogP contribution is -2.16. The Bertz CT molecular complexity index is 961. The van der Waals surface area contributed by atoms with Crippen molar-refractivity contribution in [1.29, 1.82) is 0 Å². The summed E-state index contributed by atoms with van der Waals surface area (Å²) >= 11 is 0. The molecular formula is C21H22N4O3. The number of aromatic nitrogens is 2. The van der Waals surface area contributed by atoms with E-state index in [1.165, 1.54) is 6.20 Å². The maximum Gasteiger partial charge on any atom is 0.259 e. The number of benzene rings is 2. The minimum Gasteiger partial charge on any atom is -0.493 e. The van der Waals surface area contributed by atoms with Crippen molar-refractivity contribution in [3.8, 4) is 11.5 Å². The molecule has 0 radical (unpaired) electrons. The molecule has 1 aromatic heterocycles. The van der Waals surface area contributed by atoms with E-state index in [-0.39, 0.29) is 5.91 Å². The molecule has 0 aliphatic rings. The first-order valence-corrected chi connectivity index (χ1v) is 8.75. The summed E-state index contributed by atoms with van der Waals surface area (Å²) in [5, 5.41) is 5.99. The van der Waals surface area contributed by atoms with E-state index in [9.17, 15) is 4.79 Å². The number of amides is 1. The van der Waals surface area contributed by atoms with Gasteiger partial charge >= 0.3 is 0 Å². The van der Waals surface area contributed by atoms with Crippen molar-refractivity contribution in [3.05, 3.63) is 71.5 Å². The molecule has 28 heavy (non-hydrogen) atoms. The van der Waals surface area contributed by atoms with Crippen molar-refractivity contribution in [2.24, 2.45) is 0 Å². The van der Waals surface area contributed by atoms with E-state index in [1.54, 1.807) is 39.3 Å². The van der Waals surface area contributed by atoms with Gasteiger partial charge in [-0.15, -0.1) is 0 Å². The molecule has 1 amide bonds. The van der Waals surface area contributed by atoms with Crippen LogP contribution >= 0.6 is 0 Å². The molecule has 2 aromatic carbocycles. The predicted molar refractivity (Wildman–Crippen MR) is 108 cm³/mol. The monoisotopic (exact) mass is 378 g/mol. The Morgan fingerprint density at radius 1 is 1.04 bits per heavy atom. The maximum absolute atomic E-state index is 12.6. The van der Waals surface area contributed by atoms with Crippen LogP contribution in [0.1, 0.15) is 21.6 Å². The van der Waals surface area contributed by atoms with Crippen molar-refractivity contribution in [2.45, 2.75) is 13.5 Å². The molecule has 1 heterocycles. The lowest BCUT2D eigenvalue weighted by molar-refractivity contribution is 0.102. The Morgan fingerprint density at radius 2 is 1.79 bits per heavy atom. The molecule has 0 atom stereocenters. The molecule has 0 spiro atoms. The first-order valence-electron chi connectivity index (χ1n) is 8.75. The molecule has 0 fully saturated rings. The average Bonchev–Trinajstić information content (AvgIpc) is 2.72. The Morgan fingerprint density at radius 3 is 2.46 bits per heavy atom. The van der Waals surface area contributed by atoms with Gasteiger partial charge in [0.05, 0.1) is 25.5 Å². The van der Waals surface area contributed by atoms with E-state index in [4.69, 9.17) is 9.47 Å². The van der Waals surface area contributed by atoms with Crippen molar-refractivity contribution >= 4 is 17.5 Å². The summed E-state index contributed by atoms with van der Waals surface area (Å²) in [6, 6.07) is 15.1. The molecule has 0 unspecified atom stereocenters. The molecular weight excluding hydrogens is 356 g/mol. The maximum atomic E-state index is 12.6. The highest BCUT2D eigenvalue weighted by Gasteiger charge is 2.13. The van der Waals surface area contributed by atoms with Crippen LogP contribution in [-0.4, -0.2) is 30.1 Å². The first kappa shape index (κ1) is 19.2. The summed E-state index contributed by atoms with van der Waals surface area (Å²) in [5.74, 6) is 1.31. The van der Waals surface area contributed by atoms with Gasteiger partial charge < -0.3 is 20.1 Å².